The lowest BCUT2D eigenvalue weighted by atomic mass is 10.1. The van der Waals surface area contributed by atoms with Crippen molar-refractivity contribution >= 4 is 28.4 Å². The van der Waals surface area contributed by atoms with E-state index in [1.165, 1.54) is 0 Å². The third kappa shape index (κ3) is 3.70. The van der Waals surface area contributed by atoms with Crippen LogP contribution in [0.5, 0.6) is 0 Å². The number of fused-ring (bicyclic) bond motifs is 1. The number of carbonyl (C=O) groups is 1. The van der Waals surface area contributed by atoms with E-state index < -0.39 is 0 Å². The number of nitrogens with one attached hydrogen (secondary N) is 1. The maximum Gasteiger partial charge on any atom is 0.269 e. The van der Waals surface area contributed by atoms with E-state index in [9.17, 15) is 4.79 Å². The largest absolute Gasteiger partial charge is 0.351 e. The van der Waals surface area contributed by atoms with Crippen LogP contribution < -0.4 is 5.32 Å². The zero-order valence-electron chi connectivity index (χ0n) is 11.8. The molecule has 0 fully saturated rings. The molecule has 20 heavy (non-hydrogen) atoms. The van der Waals surface area contributed by atoms with Crippen LogP contribution >= 0.6 is 11.6 Å². The smallest absolute Gasteiger partial charge is 0.269 e. The molecule has 1 heterocycles. The average Bonchev–Trinajstić information content (AvgIpc) is 2.43. The quantitative estimate of drug-likeness (QED) is 0.844. The summed E-state index contributed by atoms with van der Waals surface area (Å²) in [6, 6.07) is 9.17. The van der Waals surface area contributed by atoms with Crippen LogP contribution in [0.15, 0.2) is 30.3 Å². The normalized spacial score (nSPS) is 11.0. The zero-order valence-corrected chi connectivity index (χ0v) is 12.6. The van der Waals surface area contributed by atoms with Gasteiger partial charge in [0, 0.05) is 11.9 Å². The van der Waals surface area contributed by atoms with Crippen molar-refractivity contribution in [2.24, 2.45) is 5.92 Å². The molecule has 0 saturated carbocycles. The highest BCUT2D eigenvalue weighted by Gasteiger charge is 2.10. The van der Waals surface area contributed by atoms with Crippen LogP contribution in [0.1, 0.15) is 37.2 Å². The Labute approximate surface area is 124 Å². The van der Waals surface area contributed by atoms with Crippen molar-refractivity contribution in [3.63, 3.8) is 0 Å². The average molecular weight is 291 g/mol. The Morgan fingerprint density at radius 2 is 2.10 bits per heavy atom. The number of amides is 1. The Balaban J connectivity index is 2.07. The van der Waals surface area contributed by atoms with Gasteiger partial charge in [0.2, 0.25) is 0 Å². The van der Waals surface area contributed by atoms with Crippen LogP contribution in [-0.4, -0.2) is 17.4 Å². The molecule has 2 rings (SSSR count). The lowest BCUT2D eigenvalue weighted by Gasteiger charge is -2.08. The fraction of sp³-hybridized carbons (Fsp3) is 0.375. The van der Waals surface area contributed by atoms with Gasteiger partial charge in [0.25, 0.3) is 5.91 Å². The number of aromatic nitrogens is 1. The van der Waals surface area contributed by atoms with Crippen molar-refractivity contribution in [2.45, 2.75) is 26.7 Å². The molecule has 0 aliphatic carbocycles. The van der Waals surface area contributed by atoms with Gasteiger partial charge in [-0.3, -0.25) is 4.79 Å². The summed E-state index contributed by atoms with van der Waals surface area (Å²) in [5.74, 6) is 0.488. The minimum absolute atomic E-state index is 0.165. The van der Waals surface area contributed by atoms with Crippen molar-refractivity contribution in [1.29, 1.82) is 0 Å². The van der Waals surface area contributed by atoms with Crippen LogP contribution in [-0.2, 0) is 0 Å². The first-order chi connectivity index (χ1) is 9.58. The lowest BCUT2D eigenvalue weighted by molar-refractivity contribution is 0.0948. The van der Waals surface area contributed by atoms with Crippen LogP contribution in [0.3, 0.4) is 0 Å². The van der Waals surface area contributed by atoms with Crippen LogP contribution in [0.25, 0.3) is 10.9 Å². The SMILES string of the molecule is CC(C)CCCNC(=O)c1cc(Cl)c2ccccc2n1. The van der Waals surface area contributed by atoms with E-state index in [2.05, 4.69) is 24.1 Å². The number of benzene rings is 1. The Hall–Kier alpha value is -1.61. The zero-order chi connectivity index (χ0) is 14.5. The summed E-state index contributed by atoms with van der Waals surface area (Å²) in [5.41, 5.74) is 1.12. The maximum atomic E-state index is 12.1. The van der Waals surface area contributed by atoms with Gasteiger partial charge in [0.05, 0.1) is 10.5 Å². The maximum absolute atomic E-state index is 12.1. The monoisotopic (exact) mass is 290 g/mol. The standard InChI is InChI=1S/C16H19ClN2O/c1-11(2)6-5-9-18-16(20)15-10-13(17)12-7-3-4-8-14(12)19-15/h3-4,7-8,10-11H,5-6,9H2,1-2H3,(H,18,20). The van der Waals surface area contributed by atoms with E-state index in [1.807, 2.05) is 24.3 Å². The number of pyridine rings is 1. The van der Waals surface area contributed by atoms with E-state index in [0.29, 0.717) is 23.2 Å². The summed E-state index contributed by atoms with van der Waals surface area (Å²) in [6.45, 7) is 5.02. The van der Waals surface area contributed by atoms with Crippen molar-refractivity contribution < 1.29 is 4.79 Å². The minimum Gasteiger partial charge on any atom is -0.351 e. The summed E-state index contributed by atoms with van der Waals surface area (Å²) in [7, 11) is 0. The molecular weight excluding hydrogens is 272 g/mol. The van der Waals surface area contributed by atoms with Crippen molar-refractivity contribution in [3.05, 3.63) is 41.0 Å². The first-order valence-corrected chi connectivity index (χ1v) is 7.29. The van der Waals surface area contributed by atoms with Gasteiger partial charge in [0.15, 0.2) is 0 Å². The molecule has 0 unspecified atom stereocenters. The molecular formula is C16H19ClN2O. The van der Waals surface area contributed by atoms with Gasteiger partial charge < -0.3 is 5.32 Å². The van der Waals surface area contributed by atoms with Crippen molar-refractivity contribution in [1.82, 2.24) is 10.3 Å². The molecule has 2 aromatic rings. The molecule has 4 heteroatoms. The predicted molar refractivity (Wildman–Crippen MR) is 83.2 cm³/mol. The molecule has 106 valence electrons. The van der Waals surface area contributed by atoms with Crippen molar-refractivity contribution in [3.8, 4) is 0 Å². The van der Waals surface area contributed by atoms with Gasteiger partial charge in [0.1, 0.15) is 5.69 Å². The number of nitrogens with zero attached hydrogens (tertiary/aromatic N) is 1. The predicted octanol–water partition coefficient (Wildman–Crippen LogP) is 4.05. The summed E-state index contributed by atoms with van der Waals surface area (Å²) < 4.78 is 0. The van der Waals surface area contributed by atoms with E-state index in [0.717, 1.165) is 23.7 Å². The molecule has 0 aliphatic heterocycles. The second-order valence-corrected chi connectivity index (χ2v) is 5.71. The van der Waals surface area contributed by atoms with Gasteiger partial charge in [-0.15, -0.1) is 0 Å². The molecule has 0 bridgehead atoms. The summed E-state index contributed by atoms with van der Waals surface area (Å²) in [5, 5.41) is 4.31. The van der Waals surface area contributed by atoms with E-state index in [4.69, 9.17) is 11.6 Å². The van der Waals surface area contributed by atoms with Gasteiger partial charge in [-0.25, -0.2) is 4.98 Å². The second kappa shape index (κ2) is 6.71. The van der Waals surface area contributed by atoms with E-state index in [1.54, 1.807) is 6.07 Å². The molecule has 0 spiro atoms. The highest BCUT2D eigenvalue weighted by atomic mass is 35.5. The second-order valence-electron chi connectivity index (χ2n) is 5.30. The van der Waals surface area contributed by atoms with Crippen molar-refractivity contribution in [2.75, 3.05) is 6.54 Å². The Bertz CT molecular complexity index is 610. The van der Waals surface area contributed by atoms with Gasteiger partial charge in [-0.05, 0) is 30.9 Å². The third-order valence-electron chi connectivity index (χ3n) is 3.14. The van der Waals surface area contributed by atoms with Crippen LogP contribution in [0, 0.1) is 5.92 Å². The summed E-state index contributed by atoms with van der Waals surface area (Å²) in [6.07, 6.45) is 2.08. The van der Waals surface area contributed by atoms with Crippen LogP contribution in [0.2, 0.25) is 5.02 Å². The number of hydrogen-bond donors (Lipinski definition) is 1. The van der Waals surface area contributed by atoms with Crippen LogP contribution in [0.4, 0.5) is 0 Å². The Kier molecular flexibility index (Phi) is 4.96. The highest BCUT2D eigenvalue weighted by molar-refractivity contribution is 6.35. The Morgan fingerprint density at radius 1 is 1.35 bits per heavy atom. The fourth-order valence-corrected chi connectivity index (χ4v) is 2.32. The number of para-hydroxylation sites is 1. The van der Waals surface area contributed by atoms with Gasteiger partial charge in [-0.2, -0.15) is 0 Å². The van der Waals surface area contributed by atoms with E-state index >= 15 is 0 Å². The summed E-state index contributed by atoms with van der Waals surface area (Å²) >= 11 is 6.19. The molecule has 1 amide bonds. The number of hydrogen-bond acceptors (Lipinski definition) is 2. The van der Waals surface area contributed by atoms with Gasteiger partial charge >= 0.3 is 0 Å². The third-order valence-corrected chi connectivity index (χ3v) is 3.45. The molecule has 3 nitrogen and oxygen atoms in total. The molecule has 1 aromatic heterocycles. The van der Waals surface area contributed by atoms with Gasteiger partial charge in [-0.1, -0.05) is 43.6 Å². The molecule has 1 aromatic carbocycles. The number of halogens is 1. The first kappa shape index (κ1) is 14.8. The summed E-state index contributed by atoms with van der Waals surface area (Å²) in [4.78, 5) is 16.4. The Morgan fingerprint density at radius 3 is 2.85 bits per heavy atom. The topological polar surface area (TPSA) is 42.0 Å². The number of rotatable bonds is 5. The lowest BCUT2D eigenvalue weighted by Crippen LogP contribution is -2.25. The highest BCUT2D eigenvalue weighted by Crippen LogP contribution is 2.22. The minimum atomic E-state index is -0.165. The molecule has 1 N–H and O–H groups in total. The number of carbonyl (C=O) groups excluding carboxylic acids is 1. The molecule has 0 radical (unpaired) electrons. The first-order valence-electron chi connectivity index (χ1n) is 6.91. The van der Waals surface area contributed by atoms with E-state index in [-0.39, 0.29) is 5.91 Å². The molecule has 0 aliphatic rings. The fourth-order valence-electron chi connectivity index (χ4n) is 2.05. The molecule has 0 atom stereocenters. The molecule has 0 saturated heterocycles.